The zero-order valence-electron chi connectivity index (χ0n) is 10.9. The van der Waals surface area contributed by atoms with Gasteiger partial charge in [-0.05, 0) is 31.7 Å². The van der Waals surface area contributed by atoms with Gasteiger partial charge in [0.25, 0.3) is 0 Å². The Morgan fingerprint density at radius 1 is 1.53 bits per heavy atom. The largest absolute Gasteiger partial charge is 0.478 e. The predicted octanol–water partition coefficient (Wildman–Crippen LogP) is 3.40. The molecule has 0 aromatic rings. The van der Waals surface area contributed by atoms with Crippen LogP contribution in [0.15, 0.2) is 45.3 Å². The Labute approximate surface area is 123 Å². The molecule has 0 radical (unpaired) electrons. The van der Waals surface area contributed by atoms with Crippen molar-refractivity contribution in [1.29, 1.82) is 0 Å². The lowest BCUT2D eigenvalue weighted by molar-refractivity contribution is 0.200. The van der Waals surface area contributed by atoms with E-state index in [1.54, 1.807) is 0 Å². The average Bonchev–Trinajstić information content (AvgIpc) is 2.70. The molecule has 0 saturated heterocycles. The zero-order valence-corrected chi connectivity index (χ0v) is 12.6. The smallest absolute Gasteiger partial charge is 0.199 e. The molecule has 1 rings (SSSR count). The molecular formula is C13H18N2O2S2. The van der Waals surface area contributed by atoms with Crippen LogP contribution in [0.1, 0.15) is 13.3 Å². The number of thioether (sulfide) groups is 1. The van der Waals surface area contributed by atoms with Gasteiger partial charge >= 0.3 is 0 Å². The minimum absolute atomic E-state index is 0.486. The van der Waals surface area contributed by atoms with Gasteiger partial charge in [-0.3, -0.25) is 0 Å². The zero-order chi connectivity index (χ0) is 13.8. The molecule has 104 valence electrons. The number of thiol groups is 1. The monoisotopic (exact) mass is 298 g/mol. The standard InChI is InChI=1S/C13H18N2O2S2/c1-2-16-11-19-13(15-18)14-10-17-9-12-7-5-3-4-6-8-12/h3,5-8,10,18H,2,4,9,11H2,1H3/b14-10+,15-13+. The number of allylic oxidation sites excluding steroid dienone is 4. The van der Waals surface area contributed by atoms with Gasteiger partial charge in [-0.25, -0.2) is 0 Å². The van der Waals surface area contributed by atoms with E-state index in [0.717, 1.165) is 12.0 Å². The quantitative estimate of drug-likeness (QED) is 0.269. The number of nitrogens with zero attached hydrogens (tertiary/aromatic N) is 2. The maximum Gasteiger partial charge on any atom is 0.199 e. The van der Waals surface area contributed by atoms with Gasteiger partial charge in [0.15, 0.2) is 11.6 Å². The summed E-state index contributed by atoms with van der Waals surface area (Å²) in [5.74, 6) is 0.506. The maximum atomic E-state index is 5.35. The van der Waals surface area contributed by atoms with E-state index in [0.29, 0.717) is 24.3 Å². The first-order valence-corrected chi connectivity index (χ1v) is 7.34. The van der Waals surface area contributed by atoms with Crippen LogP contribution >= 0.6 is 24.6 Å². The Balaban J connectivity index is 2.28. The van der Waals surface area contributed by atoms with Crippen LogP contribution in [0, 0.1) is 0 Å². The molecule has 6 heteroatoms. The molecule has 0 bridgehead atoms. The lowest BCUT2D eigenvalue weighted by Crippen LogP contribution is -1.98. The molecule has 4 nitrogen and oxygen atoms in total. The molecule has 1 aliphatic carbocycles. The second-order valence-electron chi connectivity index (χ2n) is 3.49. The van der Waals surface area contributed by atoms with Crippen molar-refractivity contribution in [3.05, 3.63) is 36.0 Å². The highest BCUT2D eigenvalue weighted by Gasteiger charge is 1.97. The second-order valence-corrected chi connectivity index (χ2v) is 4.58. The van der Waals surface area contributed by atoms with E-state index in [2.05, 4.69) is 34.4 Å². The Bertz CT molecular complexity index is 401. The molecule has 0 atom stereocenters. The van der Waals surface area contributed by atoms with Crippen molar-refractivity contribution in [3.63, 3.8) is 0 Å². The van der Waals surface area contributed by atoms with Crippen molar-refractivity contribution in [3.8, 4) is 0 Å². The van der Waals surface area contributed by atoms with Gasteiger partial charge < -0.3 is 9.47 Å². The number of amidine groups is 1. The summed E-state index contributed by atoms with van der Waals surface area (Å²) in [6.45, 7) is 3.09. The van der Waals surface area contributed by atoms with Crippen LogP contribution < -0.4 is 0 Å². The first-order valence-electron chi connectivity index (χ1n) is 5.95. The highest BCUT2D eigenvalue weighted by molar-refractivity contribution is 8.14. The SMILES string of the molecule is CCOCSC(/N=C/OCC1=CC=CCC=C1)=N/S. The summed E-state index contributed by atoms with van der Waals surface area (Å²) in [7, 11) is 0. The van der Waals surface area contributed by atoms with Crippen LogP contribution in [-0.4, -0.2) is 30.7 Å². The normalized spacial score (nSPS) is 15.7. The molecule has 0 amide bonds. The topological polar surface area (TPSA) is 43.2 Å². The Morgan fingerprint density at radius 3 is 3.21 bits per heavy atom. The molecule has 0 N–H and O–H groups in total. The van der Waals surface area contributed by atoms with Crippen molar-refractivity contribution >= 4 is 36.1 Å². The van der Waals surface area contributed by atoms with Gasteiger partial charge in [0, 0.05) is 6.61 Å². The number of aliphatic imine (C=N–C) groups is 1. The average molecular weight is 298 g/mol. The van der Waals surface area contributed by atoms with E-state index in [-0.39, 0.29) is 0 Å². The van der Waals surface area contributed by atoms with Crippen LogP contribution in [-0.2, 0) is 9.47 Å². The fourth-order valence-electron chi connectivity index (χ4n) is 1.21. The Kier molecular flexibility index (Phi) is 9.22. The molecule has 0 heterocycles. The lowest BCUT2D eigenvalue weighted by atomic mass is 10.2. The van der Waals surface area contributed by atoms with Crippen molar-refractivity contribution in [2.75, 3.05) is 19.2 Å². The van der Waals surface area contributed by atoms with Gasteiger partial charge in [0.2, 0.25) is 0 Å². The summed E-state index contributed by atoms with van der Waals surface area (Å²) in [4.78, 5) is 4.06. The Hall–Kier alpha value is -0.980. The number of hydrogen-bond donors (Lipinski definition) is 1. The van der Waals surface area contributed by atoms with Gasteiger partial charge in [-0.15, -0.1) is 0 Å². The van der Waals surface area contributed by atoms with Crippen molar-refractivity contribution in [2.24, 2.45) is 9.39 Å². The lowest BCUT2D eigenvalue weighted by Gasteiger charge is -2.01. The molecule has 0 fully saturated rings. The third-order valence-electron chi connectivity index (χ3n) is 2.10. The Morgan fingerprint density at radius 2 is 2.42 bits per heavy atom. The number of hydrogen-bond acceptors (Lipinski definition) is 5. The first-order chi connectivity index (χ1) is 9.36. The van der Waals surface area contributed by atoms with E-state index in [1.807, 2.05) is 25.2 Å². The molecule has 0 spiro atoms. The number of ether oxygens (including phenoxy) is 2. The van der Waals surface area contributed by atoms with Crippen molar-refractivity contribution in [1.82, 2.24) is 0 Å². The van der Waals surface area contributed by atoms with Crippen molar-refractivity contribution in [2.45, 2.75) is 13.3 Å². The second kappa shape index (κ2) is 10.9. The molecule has 0 saturated carbocycles. The molecule has 19 heavy (non-hydrogen) atoms. The van der Waals surface area contributed by atoms with Gasteiger partial charge in [-0.2, -0.15) is 9.39 Å². The van der Waals surface area contributed by atoms with Gasteiger partial charge in [-0.1, -0.05) is 42.1 Å². The summed E-state index contributed by atoms with van der Waals surface area (Å²) >= 11 is 5.22. The van der Waals surface area contributed by atoms with E-state index < -0.39 is 0 Å². The highest BCUT2D eigenvalue weighted by atomic mass is 32.2. The van der Waals surface area contributed by atoms with E-state index in [1.165, 1.54) is 18.2 Å². The maximum absolute atomic E-state index is 5.35. The van der Waals surface area contributed by atoms with Crippen molar-refractivity contribution < 1.29 is 9.47 Å². The molecule has 0 aliphatic heterocycles. The van der Waals surface area contributed by atoms with E-state index in [4.69, 9.17) is 9.47 Å². The van der Waals surface area contributed by atoms with E-state index in [9.17, 15) is 0 Å². The molecular weight excluding hydrogens is 280 g/mol. The third kappa shape index (κ3) is 7.92. The van der Waals surface area contributed by atoms with Gasteiger partial charge in [0.1, 0.15) is 6.61 Å². The molecule has 0 aromatic carbocycles. The summed E-state index contributed by atoms with van der Waals surface area (Å²) in [5.41, 5.74) is 1.10. The van der Waals surface area contributed by atoms with Crippen LogP contribution in [0.25, 0.3) is 0 Å². The minimum Gasteiger partial charge on any atom is -0.478 e. The van der Waals surface area contributed by atoms with Crippen LogP contribution in [0.4, 0.5) is 0 Å². The predicted molar refractivity (Wildman–Crippen MR) is 85.9 cm³/mol. The summed E-state index contributed by atoms with van der Waals surface area (Å²) in [6.07, 6.45) is 12.6. The molecule has 0 unspecified atom stereocenters. The van der Waals surface area contributed by atoms with Crippen LogP contribution in [0.3, 0.4) is 0 Å². The first kappa shape index (κ1) is 16.1. The number of rotatable bonds is 6. The minimum atomic E-state index is 0.486. The fraction of sp³-hybridized carbons (Fsp3) is 0.385. The third-order valence-corrected chi connectivity index (χ3v) is 3.16. The fourth-order valence-corrected chi connectivity index (χ4v) is 1.96. The highest BCUT2D eigenvalue weighted by Crippen LogP contribution is 2.07. The van der Waals surface area contributed by atoms with Crippen LogP contribution in [0.2, 0.25) is 0 Å². The van der Waals surface area contributed by atoms with Crippen LogP contribution in [0.5, 0.6) is 0 Å². The summed E-state index contributed by atoms with van der Waals surface area (Å²) < 4.78 is 14.3. The summed E-state index contributed by atoms with van der Waals surface area (Å²) in [6, 6.07) is 0. The molecule has 1 aliphatic rings. The summed E-state index contributed by atoms with van der Waals surface area (Å²) in [5, 5.41) is 0.516. The van der Waals surface area contributed by atoms with E-state index >= 15 is 0 Å². The van der Waals surface area contributed by atoms with Gasteiger partial charge in [0.05, 0.1) is 5.94 Å². The molecule has 0 aromatic heterocycles.